The molecular formula is C19H10Cl3F3N4O. The number of alkyl halides is 3. The number of hydrogen-bond donors (Lipinski definition) is 0. The molecule has 30 heavy (non-hydrogen) atoms. The maximum absolute atomic E-state index is 12.6. The van der Waals surface area contributed by atoms with Crippen LogP contribution in [0.4, 0.5) is 13.2 Å². The molecule has 0 bridgehead atoms. The van der Waals surface area contributed by atoms with Crippen molar-refractivity contribution >= 4 is 46.0 Å². The fraction of sp³-hybridized carbons (Fsp3) is 0.105. The van der Waals surface area contributed by atoms with Crippen molar-refractivity contribution in [2.24, 2.45) is 0 Å². The van der Waals surface area contributed by atoms with Crippen molar-refractivity contribution in [3.63, 3.8) is 0 Å². The fourth-order valence-electron chi connectivity index (χ4n) is 2.81. The third-order valence-corrected chi connectivity index (χ3v) is 4.84. The Hall–Kier alpha value is -2.55. The van der Waals surface area contributed by atoms with E-state index in [1.807, 2.05) is 0 Å². The van der Waals surface area contributed by atoms with E-state index in [1.165, 1.54) is 6.07 Å². The Bertz CT molecular complexity index is 1230. The summed E-state index contributed by atoms with van der Waals surface area (Å²) >= 11 is 18.3. The molecule has 0 saturated heterocycles. The van der Waals surface area contributed by atoms with Gasteiger partial charge >= 0.3 is 6.18 Å². The van der Waals surface area contributed by atoms with E-state index in [4.69, 9.17) is 39.5 Å². The second-order valence-corrected chi connectivity index (χ2v) is 7.41. The van der Waals surface area contributed by atoms with Gasteiger partial charge in [0.2, 0.25) is 5.88 Å². The monoisotopic (exact) mass is 472 g/mol. The van der Waals surface area contributed by atoms with Gasteiger partial charge in [-0.2, -0.15) is 18.2 Å². The van der Waals surface area contributed by atoms with Crippen molar-refractivity contribution < 1.29 is 17.9 Å². The van der Waals surface area contributed by atoms with Gasteiger partial charge in [0.15, 0.2) is 17.8 Å². The SMILES string of the molecule is FC(F)(F)COc1ncnc2c1nc(-c1ccc(Cl)cc1Cl)n2-c1ccc(Cl)cc1. The van der Waals surface area contributed by atoms with Gasteiger partial charge in [-0.25, -0.2) is 9.97 Å². The minimum Gasteiger partial charge on any atom is -0.466 e. The highest BCUT2D eigenvalue weighted by Gasteiger charge is 2.30. The average Bonchev–Trinajstić information content (AvgIpc) is 3.06. The molecule has 11 heteroatoms. The van der Waals surface area contributed by atoms with Gasteiger partial charge < -0.3 is 4.74 Å². The van der Waals surface area contributed by atoms with E-state index in [1.54, 1.807) is 41.0 Å². The van der Waals surface area contributed by atoms with Crippen LogP contribution in [0.3, 0.4) is 0 Å². The highest BCUT2D eigenvalue weighted by atomic mass is 35.5. The van der Waals surface area contributed by atoms with Crippen molar-refractivity contribution in [3.8, 4) is 23.0 Å². The van der Waals surface area contributed by atoms with Crippen LogP contribution in [0, 0.1) is 0 Å². The number of fused-ring (bicyclic) bond motifs is 1. The van der Waals surface area contributed by atoms with Gasteiger partial charge in [-0.3, -0.25) is 4.57 Å². The van der Waals surface area contributed by atoms with E-state index in [0.717, 1.165) is 6.33 Å². The van der Waals surface area contributed by atoms with Crippen LogP contribution >= 0.6 is 34.8 Å². The molecule has 0 atom stereocenters. The number of hydrogen-bond acceptors (Lipinski definition) is 4. The molecule has 2 aromatic carbocycles. The molecule has 0 aliphatic heterocycles. The van der Waals surface area contributed by atoms with Gasteiger partial charge in [0.05, 0.1) is 5.02 Å². The number of halogens is 6. The van der Waals surface area contributed by atoms with Crippen molar-refractivity contribution in [1.29, 1.82) is 0 Å². The fourth-order valence-corrected chi connectivity index (χ4v) is 3.43. The third-order valence-electron chi connectivity index (χ3n) is 4.04. The first-order chi connectivity index (χ1) is 14.2. The summed E-state index contributed by atoms with van der Waals surface area (Å²) in [6, 6.07) is 11.6. The Labute approximate surface area is 183 Å². The van der Waals surface area contributed by atoms with E-state index in [-0.39, 0.29) is 17.0 Å². The van der Waals surface area contributed by atoms with Crippen LogP contribution in [-0.4, -0.2) is 32.3 Å². The van der Waals surface area contributed by atoms with Crippen LogP contribution < -0.4 is 4.74 Å². The molecule has 4 rings (SSSR count). The summed E-state index contributed by atoms with van der Waals surface area (Å²) in [7, 11) is 0. The molecule has 0 spiro atoms. The standard InChI is InChI=1S/C19H10Cl3F3N4O/c20-10-1-4-12(5-2-10)29-16(13-6-3-11(21)7-14(13)22)28-15-17(29)26-9-27-18(15)30-8-19(23,24)25/h1-7,9H,8H2. The maximum atomic E-state index is 12.6. The molecule has 154 valence electrons. The average molecular weight is 474 g/mol. The lowest BCUT2D eigenvalue weighted by molar-refractivity contribution is -0.153. The van der Waals surface area contributed by atoms with Gasteiger partial charge in [-0.05, 0) is 42.5 Å². The second-order valence-electron chi connectivity index (χ2n) is 6.13. The number of benzene rings is 2. The van der Waals surface area contributed by atoms with Crippen LogP contribution in [0.25, 0.3) is 28.2 Å². The Morgan fingerprint density at radius 3 is 2.30 bits per heavy atom. The highest BCUT2D eigenvalue weighted by molar-refractivity contribution is 6.36. The largest absolute Gasteiger partial charge is 0.466 e. The first-order valence-corrected chi connectivity index (χ1v) is 9.51. The van der Waals surface area contributed by atoms with Crippen molar-refractivity contribution in [2.75, 3.05) is 6.61 Å². The van der Waals surface area contributed by atoms with Crippen LogP contribution in [0.15, 0.2) is 48.8 Å². The van der Waals surface area contributed by atoms with E-state index in [2.05, 4.69) is 15.0 Å². The van der Waals surface area contributed by atoms with Crippen LogP contribution in [-0.2, 0) is 0 Å². The normalized spacial score (nSPS) is 11.8. The van der Waals surface area contributed by atoms with Gasteiger partial charge in [0, 0.05) is 21.3 Å². The summed E-state index contributed by atoms with van der Waals surface area (Å²) < 4.78 is 44.4. The first kappa shape index (κ1) is 20.7. The minimum absolute atomic E-state index is 0.0534. The minimum atomic E-state index is -4.53. The lowest BCUT2D eigenvalue weighted by Gasteiger charge is -2.10. The van der Waals surface area contributed by atoms with Gasteiger partial charge in [0.1, 0.15) is 12.2 Å². The third kappa shape index (κ3) is 4.16. The zero-order valence-corrected chi connectivity index (χ0v) is 17.1. The molecule has 2 heterocycles. The molecule has 2 aromatic heterocycles. The molecule has 0 unspecified atom stereocenters. The van der Waals surface area contributed by atoms with Crippen LogP contribution in [0.2, 0.25) is 15.1 Å². The van der Waals surface area contributed by atoms with E-state index in [0.29, 0.717) is 32.1 Å². The molecule has 4 aromatic rings. The molecular weight excluding hydrogens is 464 g/mol. The first-order valence-electron chi connectivity index (χ1n) is 8.37. The lowest BCUT2D eigenvalue weighted by Crippen LogP contribution is -2.19. The predicted molar refractivity (Wildman–Crippen MR) is 109 cm³/mol. The number of imidazole rings is 1. The molecule has 0 radical (unpaired) electrons. The molecule has 5 nitrogen and oxygen atoms in total. The van der Waals surface area contributed by atoms with E-state index < -0.39 is 12.8 Å². The maximum Gasteiger partial charge on any atom is 0.422 e. The van der Waals surface area contributed by atoms with Crippen LogP contribution in [0.1, 0.15) is 0 Å². The molecule has 0 aliphatic rings. The molecule has 0 aliphatic carbocycles. The van der Waals surface area contributed by atoms with Crippen LogP contribution in [0.5, 0.6) is 5.88 Å². The van der Waals surface area contributed by atoms with E-state index in [9.17, 15) is 13.2 Å². The summed E-state index contributed by atoms with van der Waals surface area (Å²) in [5.41, 5.74) is 1.41. The lowest BCUT2D eigenvalue weighted by atomic mass is 10.2. The van der Waals surface area contributed by atoms with Gasteiger partial charge in [0.25, 0.3) is 0 Å². The summed E-state index contributed by atoms with van der Waals surface area (Å²) in [5, 5.41) is 1.24. The molecule has 0 amide bonds. The quantitative estimate of drug-likeness (QED) is 0.345. The Kier molecular flexibility index (Phi) is 5.48. The van der Waals surface area contributed by atoms with Crippen molar-refractivity contribution in [2.45, 2.75) is 6.18 Å². The zero-order chi connectivity index (χ0) is 21.5. The summed E-state index contributed by atoms with van der Waals surface area (Å²) in [6.07, 6.45) is -3.42. The van der Waals surface area contributed by atoms with Gasteiger partial charge in [-0.15, -0.1) is 0 Å². The number of ether oxygens (including phenoxy) is 1. The number of rotatable bonds is 4. The highest BCUT2D eigenvalue weighted by Crippen LogP contribution is 2.35. The van der Waals surface area contributed by atoms with Crippen molar-refractivity contribution in [1.82, 2.24) is 19.5 Å². The smallest absolute Gasteiger partial charge is 0.422 e. The number of nitrogens with zero attached hydrogens (tertiary/aromatic N) is 4. The Morgan fingerprint density at radius 2 is 1.63 bits per heavy atom. The molecule has 0 N–H and O–H groups in total. The Morgan fingerprint density at radius 1 is 0.933 bits per heavy atom. The van der Waals surface area contributed by atoms with E-state index >= 15 is 0 Å². The summed E-state index contributed by atoms with van der Waals surface area (Å²) in [6.45, 7) is -1.51. The number of aromatic nitrogens is 4. The Balaban J connectivity index is 1.97. The molecule has 0 fully saturated rings. The summed E-state index contributed by atoms with van der Waals surface area (Å²) in [4.78, 5) is 12.5. The second kappa shape index (κ2) is 7.94. The topological polar surface area (TPSA) is 52.8 Å². The zero-order valence-electron chi connectivity index (χ0n) is 14.8. The molecule has 0 saturated carbocycles. The predicted octanol–water partition coefficient (Wildman–Crippen LogP) is 6.38. The van der Waals surface area contributed by atoms with Crippen molar-refractivity contribution in [3.05, 3.63) is 63.9 Å². The van der Waals surface area contributed by atoms with Gasteiger partial charge in [-0.1, -0.05) is 34.8 Å². The summed E-state index contributed by atoms with van der Waals surface area (Å²) in [5.74, 6) is 0.0303.